The molecule has 0 saturated carbocycles. The van der Waals surface area contributed by atoms with E-state index in [2.05, 4.69) is 4.74 Å². The van der Waals surface area contributed by atoms with Crippen molar-refractivity contribution in [1.29, 1.82) is 0 Å². The predicted molar refractivity (Wildman–Crippen MR) is 81.0 cm³/mol. The van der Waals surface area contributed by atoms with Crippen LogP contribution in [-0.4, -0.2) is 19.0 Å². The highest BCUT2D eigenvalue weighted by Crippen LogP contribution is 2.27. The van der Waals surface area contributed by atoms with Gasteiger partial charge in [-0.1, -0.05) is 0 Å². The van der Waals surface area contributed by atoms with Gasteiger partial charge >= 0.3 is 11.9 Å². The van der Waals surface area contributed by atoms with Crippen molar-refractivity contribution in [1.82, 2.24) is 0 Å². The number of hydrogen-bond acceptors (Lipinski definition) is 6. The Morgan fingerprint density at radius 3 is 2.78 bits per heavy atom. The Bertz CT molecular complexity index is 880. The van der Waals surface area contributed by atoms with Crippen molar-refractivity contribution in [3.8, 4) is 0 Å². The zero-order valence-corrected chi connectivity index (χ0v) is 12.8. The van der Waals surface area contributed by atoms with E-state index in [-0.39, 0.29) is 18.2 Å². The summed E-state index contributed by atoms with van der Waals surface area (Å²) in [5.41, 5.74) is 0. The van der Waals surface area contributed by atoms with E-state index in [4.69, 9.17) is 9.15 Å². The van der Waals surface area contributed by atoms with Gasteiger partial charge in [0.25, 0.3) is 0 Å². The summed E-state index contributed by atoms with van der Waals surface area (Å²) in [5, 5.41) is 0.646. The molecule has 118 valence electrons. The number of methoxy groups -OCH3 is 1. The molecule has 0 N–H and O–H groups in total. The van der Waals surface area contributed by atoms with Crippen molar-refractivity contribution in [2.75, 3.05) is 7.11 Å². The monoisotopic (exact) mass is 334 g/mol. The lowest BCUT2D eigenvalue weighted by Gasteiger charge is -2.00. The van der Waals surface area contributed by atoms with Crippen LogP contribution in [0.15, 0.2) is 40.8 Å². The molecule has 0 radical (unpaired) electrons. The second-order valence-corrected chi connectivity index (χ2v) is 5.71. The quantitative estimate of drug-likeness (QED) is 0.679. The van der Waals surface area contributed by atoms with Crippen LogP contribution < -0.4 is 0 Å². The highest BCUT2D eigenvalue weighted by molar-refractivity contribution is 7.20. The standard InChI is InChI=1S/C16H11FO5S/c1-20-15(18)12-4-3-11(22-12)8-21-16(19)14-7-9-6-10(17)2-5-13(9)23-14/h2-7H,8H2,1H3. The average Bonchev–Trinajstić information content (AvgIpc) is 3.18. The van der Waals surface area contributed by atoms with Gasteiger partial charge in [-0.25, -0.2) is 14.0 Å². The molecular weight excluding hydrogens is 323 g/mol. The molecule has 3 aromatic rings. The van der Waals surface area contributed by atoms with Gasteiger partial charge in [-0.3, -0.25) is 0 Å². The molecule has 7 heteroatoms. The minimum atomic E-state index is -0.603. The summed E-state index contributed by atoms with van der Waals surface area (Å²) in [5.74, 6) is -1.14. The topological polar surface area (TPSA) is 65.7 Å². The number of fused-ring (bicyclic) bond motifs is 1. The number of rotatable bonds is 4. The second-order valence-electron chi connectivity index (χ2n) is 4.63. The number of carbonyl (C=O) groups excluding carboxylic acids is 2. The maximum absolute atomic E-state index is 13.2. The molecule has 0 aliphatic heterocycles. The summed E-state index contributed by atoms with van der Waals surface area (Å²) in [7, 11) is 1.24. The third-order valence-electron chi connectivity index (χ3n) is 3.07. The number of ether oxygens (including phenoxy) is 2. The van der Waals surface area contributed by atoms with Gasteiger partial charge in [0.2, 0.25) is 5.76 Å². The molecule has 0 saturated heterocycles. The Morgan fingerprint density at radius 1 is 1.17 bits per heavy atom. The summed E-state index contributed by atoms with van der Waals surface area (Å²) >= 11 is 1.22. The Hall–Kier alpha value is -2.67. The first-order valence-corrected chi connectivity index (χ1v) is 7.42. The molecule has 23 heavy (non-hydrogen) atoms. The normalized spacial score (nSPS) is 10.7. The molecule has 0 spiro atoms. The number of esters is 2. The first kappa shape index (κ1) is 15.2. The van der Waals surface area contributed by atoms with E-state index in [9.17, 15) is 14.0 Å². The Kier molecular flexibility index (Phi) is 4.12. The third kappa shape index (κ3) is 3.24. The molecule has 0 aliphatic rings. The third-order valence-corrected chi connectivity index (χ3v) is 4.17. The summed E-state index contributed by atoms with van der Waals surface area (Å²) in [6.45, 7) is -0.113. The molecule has 0 aliphatic carbocycles. The van der Waals surface area contributed by atoms with E-state index < -0.39 is 11.9 Å². The first-order chi connectivity index (χ1) is 11.1. The molecule has 0 fully saturated rings. The SMILES string of the molecule is COC(=O)c1ccc(COC(=O)c2cc3cc(F)ccc3s2)o1. The number of hydrogen-bond donors (Lipinski definition) is 0. The second kappa shape index (κ2) is 6.21. The fourth-order valence-corrected chi connectivity index (χ4v) is 2.93. The summed E-state index contributed by atoms with van der Waals surface area (Å²) in [6, 6.07) is 8.86. The number of halogens is 1. The van der Waals surface area contributed by atoms with Crippen LogP contribution in [0.4, 0.5) is 4.39 Å². The van der Waals surface area contributed by atoms with E-state index in [1.807, 2.05) is 0 Å². The lowest BCUT2D eigenvalue weighted by Crippen LogP contribution is -2.02. The van der Waals surface area contributed by atoms with Crippen LogP contribution in [0, 0.1) is 5.82 Å². The largest absolute Gasteiger partial charge is 0.463 e. The van der Waals surface area contributed by atoms with Crippen LogP contribution in [0.2, 0.25) is 0 Å². The van der Waals surface area contributed by atoms with Gasteiger partial charge in [-0.15, -0.1) is 11.3 Å². The van der Waals surface area contributed by atoms with Crippen molar-refractivity contribution in [2.24, 2.45) is 0 Å². The zero-order valence-electron chi connectivity index (χ0n) is 12.0. The van der Waals surface area contributed by atoms with E-state index in [1.54, 1.807) is 12.1 Å². The molecule has 0 bridgehead atoms. The summed E-state index contributed by atoms with van der Waals surface area (Å²) in [6.07, 6.45) is 0. The molecule has 5 nitrogen and oxygen atoms in total. The summed E-state index contributed by atoms with van der Waals surface area (Å²) < 4.78 is 28.8. The van der Waals surface area contributed by atoms with Gasteiger partial charge < -0.3 is 13.9 Å². The van der Waals surface area contributed by atoms with Crippen LogP contribution in [0.3, 0.4) is 0 Å². The lowest BCUT2D eigenvalue weighted by atomic mass is 10.2. The lowest BCUT2D eigenvalue weighted by molar-refractivity contribution is 0.0444. The summed E-state index contributed by atoms with van der Waals surface area (Å²) in [4.78, 5) is 23.7. The number of benzene rings is 1. The number of carbonyl (C=O) groups is 2. The Balaban J connectivity index is 1.68. The van der Waals surface area contributed by atoms with E-state index >= 15 is 0 Å². The predicted octanol–water partition coefficient (Wildman–Crippen LogP) is 3.78. The first-order valence-electron chi connectivity index (χ1n) is 6.60. The molecule has 0 atom stereocenters. The van der Waals surface area contributed by atoms with Crippen LogP contribution in [0.1, 0.15) is 26.0 Å². The van der Waals surface area contributed by atoms with E-state index in [1.165, 1.54) is 42.7 Å². The van der Waals surface area contributed by atoms with Crippen molar-refractivity contribution >= 4 is 33.4 Å². The maximum Gasteiger partial charge on any atom is 0.373 e. The van der Waals surface area contributed by atoms with Crippen molar-refractivity contribution in [3.05, 3.63) is 58.6 Å². The number of furan rings is 1. The smallest absolute Gasteiger partial charge is 0.373 e. The van der Waals surface area contributed by atoms with E-state index in [0.29, 0.717) is 16.0 Å². The minimum absolute atomic E-state index is 0.0379. The van der Waals surface area contributed by atoms with Gasteiger partial charge in [-0.05, 0) is 41.8 Å². The van der Waals surface area contributed by atoms with Crippen LogP contribution >= 0.6 is 11.3 Å². The van der Waals surface area contributed by atoms with Gasteiger partial charge in [0.1, 0.15) is 23.1 Å². The Labute approximate surface area is 134 Å². The van der Waals surface area contributed by atoms with Gasteiger partial charge in [-0.2, -0.15) is 0 Å². The fraction of sp³-hybridized carbons (Fsp3) is 0.125. The fourth-order valence-electron chi connectivity index (χ4n) is 1.99. The van der Waals surface area contributed by atoms with Crippen LogP contribution in [0.5, 0.6) is 0 Å². The van der Waals surface area contributed by atoms with Crippen molar-refractivity contribution in [3.63, 3.8) is 0 Å². The molecule has 3 rings (SSSR count). The molecular formula is C16H11FO5S. The van der Waals surface area contributed by atoms with Crippen LogP contribution in [-0.2, 0) is 16.1 Å². The molecule has 2 heterocycles. The maximum atomic E-state index is 13.2. The highest BCUT2D eigenvalue weighted by atomic mass is 32.1. The Morgan fingerprint density at radius 2 is 2.00 bits per heavy atom. The van der Waals surface area contributed by atoms with Crippen molar-refractivity contribution in [2.45, 2.75) is 6.61 Å². The molecule has 1 aromatic carbocycles. The molecule has 0 amide bonds. The van der Waals surface area contributed by atoms with Gasteiger partial charge in [0.05, 0.1) is 7.11 Å². The molecule has 0 unspecified atom stereocenters. The van der Waals surface area contributed by atoms with Crippen molar-refractivity contribution < 1.29 is 27.9 Å². The zero-order chi connectivity index (χ0) is 16.4. The average molecular weight is 334 g/mol. The van der Waals surface area contributed by atoms with Gasteiger partial charge in [0, 0.05) is 4.70 Å². The highest BCUT2D eigenvalue weighted by Gasteiger charge is 2.15. The number of thiophene rings is 1. The van der Waals surface area contributed by atoms with Crippen LogP contribution in [0.25, 0.3) is 10.1 Å². The van der Waals surface area contributed by atoms with Gasteiger partial charge in [0.15, 0.2) is 0 Å². The minimum Gasteiger partial charge on any atom is -0.463 e. The van der Waals surface area contributed by atoms with E-state index in [0.717, 1.165) is 4.70 Å². The molecule has 2 aromatic heterocycles.